The molecule has 0 spiro atoms. The van der Waals surface area contributed by atoms with Crippen LogP contribution in [0.15, 0.2) is 0 Å². The molecule has 0 amide bonds. The van der Waals surface area contributed by atoms with Crippen LogP contribution in [0.3, 0.4) is 0 Å². The van der Waals surface area contributed by atoms with E-state index >= 15 is 0 Å². The average Bonchev–Trinajstić information content (AvgIpc) is 2.52. The van der Waals surface area contributed by atoms with Gasteiger partial charge in [0, 0.05) is 18.6 Å². The smallest absolute Gasteiger partial charge is 0.0645 e. The topological polar surface area (TPSA) is 24.5 Å². The molecule has 82 valence electrons. The van der Waals surface area contributed by atoms with Crippen molar-refractivity contribution in [3.63, 3.8) is 0 Å². The minimum Gasteiger partial charge on any atom is -0.378 e. The molecule has 2 aliphatic heterocycles. The second kappa shape index (κ2) is 4.60. The van der Waals surface area contributed by atoms with E-state index in [0.29, 0.717) is 12.1 Å². The van der Waals surface area contributed by atoms with Crippen LogP contribution in [-0.4, -0.2) is 49.3 Å². The van der Waals surface area contributed by atoms with E-state index in [4.69, 9.17) is 4.74 Å². The normalized spacial score (nSPS) is 28.7. The van der Waals surface area contributed by atoms with E-state index in [2.05, 4.69) is 24.1 Å². The first kappa shape index (κ1) is 10.4. The molecule has 1 unspecified atom stereocenters. The summed E-state index contributed by atoms with van der Waals surface area (Å²) < 4.78 is 5.27. The van der Waals surface area contributed by atoms with Gasteiger partial charge in [0.15, 0.2) is 0 Å². The number of rotatable bonds is 4. The lowest BCUT2D eigenvalue weighted by atomic mass is 10.1. The summed E-state index contributed by atoms with van der Waals surface area (Å²) in [5, 5.41) is 3.56. The monoisotopic (exact) mass is 198 g/mol. The molecule has 0 aromatic heterocycles. The van der Waals surface area contributed by atoms with Gasteiger partial charge in [0.1, 0.15) is 0 Å². The van der Waals surface area contributed by atoms with Gasteiger partial charge >= 0.3 is 0 Å². The molecule has 2 saturated heterocycles. The van der Waals surface area contributed by atoms with Crippen LogP contribution in [-0.2, 0) is 4.74 Å². The molecule has 0 aliphatic carbocycles. The van der Waals surface area contributed by atoms with Gasteiger partial charge in [-0.3, -0.25) is 4.90 Å². The van der Waals surface area contributed by atoms with Crippen molar-refractivity contribution in [2.75, 3.05) is 26.3 Å². The fourth-order valence-corrected chi connectivity index (χ4v) is 2.36. The molecule has 0 aromatic rings. The Labute approximate surface area is 86.8 Å². The molecule has 0 bridgehead atoms. The first-order valence-electron chi connectivity index (χ1n) is 5.84. The SMILES string of the molecule is CC(C)N(CC1CCCN1)C1COC1. The summed E-state index contributed by atoms with van der Waals surface area (Å²) in [6.45, 7) is 8.85. The molecule has 2 rings (SSSR count). The Morgan fingerprint density at radius 2 is 2.21 bits per heavy atom. The van der Waals surface area contributed by atoms with Crippen LogP contribution >= 0.6 is 0 Å². The Bertz CT molecular complexity index is 174. The van der Waals surface area contributed by atoms with Gasteiger partial charge in [0.25, 0.3) is 0 Å². The predicted octanol–water partition coefficient (Wildman–Crippen LogP) is 0.848. The van der Waals surface area contributed by atoms with Gasteiger partial charge in [-0.25, -0.2) is 0 Å². The quantitative estimate of drug-likeness (QED) is 0.725. The summed E-state index contributed by atoms with van der Waals surface area (Å²) >= 11 is 0. The van der Waals surface area contributed by atoms with Crippen LogP contribution in [0.2, 0.25) is 0 Å². The number of hydrogen-bond donors (Lipinski definition) is 1. The lowest BCUT2D eigenvalue weighted by molar-refractivity contribution is -0.0770. The highest BCUT2D eigenvalue weighted by Gasteiger charge is 2.30. The minimum absolute atomic E-state index is 0.645. The summed E-state index contributed by atoms with van der Waals surface area (Å²) in [6.07, 6.45) is 2.69. The van der Waals surface area contributed by atoms with Crippen molar-refractivity contribution >= 4 is 0 Å². The number of hydrogen-bond acceptors (Lipinski definition) is 3. The van der Waals surface area contributed by atoms with Crippen LogP contribution in [0.4, 0.5) is 0 Å². The Kier molecular flexibility index (Phi) is 3.42. The predicted molar refractivity (Wildman–Crippen MR) is 57.5 cm³/mol. The largest absolute Gasteiger partial charge is 0.378 e. The van der Waals surface area contributed by atoms with Crippen molar-refractivity contribution in [1.82, 2.24) is 10.2 Å². The summed E-state index contributed by atoms with van der Waals surface area (Å²) in [6, 6.07) is 2.04. The average molecular weight is 198 g/mol. The van der Waals surface area contributed by atoms with Crippen LogP contribution < -0.4 is 5.32 Å². The molecular formula is C11H22N2O. The van der Waals surface area contributed by atoms with Crippen LogP contribution in [0.25, 0.3) is 0 Å². The van der Waals surface area contributed by atoms with Gasteiger partial charge in [-0.15, -0.1) is 0 Å². The molecule has 3 nitrogen and oxygen atoms in total. The highest BCUT2D eigenvalue weighted by molar-refractivity contribution is 4.85. The van der Waals surface area contributed by atoms with Gasteiger partial charge in [-0.05, 0) is 33.2 Å². The molecule has 3 heteroatoms. The van der Waals surface area contributed by atoms with E-state index in [1.807, 2.05) is 0 Å². The first-order chi connectivity index (χ1) is 6.77. The van der Waals surface area contributed by atoms with Crippen LogP contribution in [0.5, 0.6) is 0 Å². The third-order valence-corrected chi connectivity index (χ3v) is 3.35. The highest BCUT2D eigenvalue weighted by Crippen LogP contribution is 2.16. The molecule has 2 heterocycles. The van der Waals surface area contributed by atoms with E-state index in [1.54, 1.807) is 0 Å². The van der Waals surface area contributed by atoms with E-state index in [9.17, 15) is 0 Å². The fourth-order valence-electron chi connectivity index (χ4n) is 2.36. The third-order valence-electron chi connectivity index (χ3n) is 3.35. The Balaban J connectivity index is 1.83. The maximum atomic E-state index is 5.27. The summed E-state index contributed by atoms with van der Waals surface area (Å²) in [7, 11) is 0. The van der Waals surface area contributed by atoms with E-state index < -0.39 is 0 Å². The fraction of sp³-hybridized carbons (Fsp3) is 1.00. The standard InChI is InChI=1S/C11H22N2O/c1-9(2)13(11-7-14-8-11)6-10-4-3-5-12-10/h9-12H,3-8H2,1-2H3. The van der Waals surface area contributed by atoms with Gasteiger partial charge in [-0.2, -0.15) is 0 Å². The lowest BCUT2D eigenvalue weighted by Crippen LogP contribution is -2.55. The van der Waals surface area contributed by atoms with Crippen molar-refractivity contribution in [2.45, 2.75) is 44.8 Å². The number of nitrogens with one attached hydrogen (secondary N) is 1. The summed E-state index contributed by atoms with van der Waals surface area (Å²) in [4.78, 5) is 2.59. The molecule has 0 radical (unpaired) electrons. The van der Waals surface area contributed by atoms with Crippen LogP contribution in [0.1, 0.15) is 26.7 Å². The van der Waals surface area contributed by atoms with Gasteiger partial charge in [0.05, 0.1) is 19.3 Å². The number of ether oxygens (including phenoxy) is 1. The highest BCUT2D eigenvalue weighted by atomic mass is 16.5. The zero-order chi connectivity index (χ0) is 9.97. The number of nitrogens with zero attached hydrogens (tertiary/aromatic N) is 1. The molecule has 2 aliphatic rings. The van der Waals surface area contributed by atoms with Gasteiger partial charge in [0.2, 0.25) is 0 Å². The molecule has 14 heavy (non-hydrogen) atoms. The Morgan fingerprint density at radius 1 is 1.43 bits per heavy atom. The van der Waals surface area contributed by atoms with Crippen molar-refractivity contribution < 1.29 is 4.74 Å². The zero-order valence-corrected chi connectivity index (χ0v) is 9.33. The maximum absolute atomic E-state index is 5.27. The molecule has 0 saturated carbocycles. The molecular weight excluding hydrogens is 176 g/mol. The second-order valence-electron chi connectivity index (χ2n) is 4.78. The summed E-state index contributed by atoms with van der Waals surface area (Å²) in [5.74, 6) is 0. The summed E-state index contributed by atoms with van der Waals surface area (Å²) in [5.41, 5.74) is 0. The molecule has 1 atom stereocenters. The molecule has 0 aromatic carbocycles. The maximum Gasteiger partial charge on any atom is 0.0645 e. The lowest BCUT2D eigenvalue weighted by Gasteiger charge is -2.41. The third kappa shape index (κ3) is 2.27. The molecule has 1 N–H and O–H groups in total. The second-order valence-corrected chi connectivity index (χ2v) is 4.78. The van der Waals surface area contributed by atoms with Gasteiger partial charge in [-0.1, -0.05) is 0 Å². The van der Waals surface area contributed by atoms with Crippen molar-refractivity contribution in [3.8, 4) is 0 Å². The Morgan fingerprint density at radius 3 is 2.64 bits per heavy atom. The van der Waals surface area contributed by atoms with Crippen molar-refractivity contribution in [3.05, 3.63) is 0 Å². The molecule has 2 fully saturated rings. The van der Waals surface area contributed by atoms with E-state index in [0.717, 1.165) is 19.3 Å². The van der Waals surface area contributed by atoms with E-state index in [1.165, 1.54) is 25.9 Å². The van der Waals surface area contributed by atoms with E-state index in [-0.39, 0.29) is 0 Å². The van der Waals surface area contributed by atoms with Crippen molar-refractivity contribution in [2.24, 2.45) is 0 Å². The first-order valence-corrected chi connectivity index (χ1v) is 5.84. The Hall–Kier alpha value is -0.120. The minimum atomic E-state index is 0.645. The van der Waals surface area contributed by atoms with Crippen LogP contribution in [0, 0.1) is 0 Å². The van der Waals surface area contributed by atoms with Crippen molar-refractivity contribution in [1.29, 1.82) is 0 Å². The van der Waals surface area contributed by atoms with Gasteiger partial charge < -0.3 is 10.1 Å². The zero-order valence-electron chi connectivity index (χ0n) is 9.33.